The zero-order valence-electron chi connectivity index (χ0n) is 20.7. The minimum absolute atomic E-state index is 0.101. The lowest BCUT2D eigenvalue weighted by Gasteiger charge is -2.16. The smallest absolute Gasteiger partial charge is 0.222 e. The van der Waals surface area contributed by atoms with E-state index in [1.54, 1.807) is 7.11 Å². The van der Waals surface area contributed by atoms with Gasteiger partial charge in [0, 0.05) is 17.7 Å². The normalized spacial score (nSPS) is 14.9. The van der Waals surface area contributed by atoms with Crippen molar-refractivity contribution in [2.75, 3.05) is 19.9 Å². The van der Waals surface area contributed by atoms with Gasteiger partial charge < -0.3 is 19.6 Å². The van der Waals surface area contributed by atoms with E-state index in [1.165, 1.54) is 0 Å². The van der Waals surface area contributed by atoms with Gasteiger partial charge in [-0.15, -0.1) is 10.2 Å². The van der Waals surface area contributed by atoms with Crippen LogP contribution in [-0.4, -0.2) is 59.4 Å². The molecule has 0 aliphatic carbocycles. The standard InChI is InChI=1S/C25H31N5O4Si/c1-6-26-23(31)14-21-25-29-28-16(2)30(25)22-12-11-19(33-3)13-20(22)24(27-21)17-7-9-18(10-8-17)34-15-35(4,5)32/h7-13,21,32H,6,14-15H2,1-5H3,(H,26,31). The number of nitrogens with one attached hydrogen (secondary N) is 1. The molecule has 4 rings (SSSR count). The first-order valence-corrected chi connectivity index (χ1v) is 14.8. The Balaban J connectivity index is 1.82. The maximum absolute atomic E-state index is 12.6. The predicted octanol–water partition coefficient (Wildman–Crippen LogP) is 3.12. The zero-order valence-corrected chi connectivity index (χ0v) is 21.7. The summed E-state index contributed by atoms with van der Waals surface area (Å²) < 4.78 is 13.2. The van der Waals surface area contributed by atoms with E-state index in [4.69, 9.17) is 14.5 Å². The first-order valence-electron chi connectivity index (χ1n) is 11.6. The lowest BCUT2D eigenvalue weighted by molar-refractivity contribution is -0.121. The molecule has 1 amide bonds. The molecule has 0 saturated heterocycles. The topological polar surface area (TPSA) is 111 Å². The van der Waals surface area contributed by atoms with Gasteiger partial charge in [-0.25, -0.2) is 0 Å². The molecular formula is C25H31N5O4Si. The summed E-state index contributed by atoms with van der Waals surface area (Å²) in [6.45, 7) is 7.98. The number of carbonyl (C=O) groups is 1. The van der Waals surface area contributed by atoms with Crippen LogP contribution in [0.4, 0.5) is 0 Å². The van der Waals surface area contributed by atoms with Crippen LogP contribution in [0.15, 0.2) is 47.5 Å². The molecular weight excluding hydrogens is 462 g/mol. The third-order valence-electron chi connectivity index (χ3n) is 5.61. The van der Waals surface area contributed by atoms with Crippen molar-refractivity contribution in [2.45, 2.75) is 39.4 Å². The Bertz CT molecular complexity index is 1250. The molecule has 3 aromatic rings. The Labute approximate surface area is 206 Å². The number of methoxy groups -OCH3 is 1. The number of rotatable bonds is 8. The molecule has 1 aliphatic heterocycles. The van der Waals surface area contributed by atoms with Crippen LogP contribution in [0, 0.1) is 6.92 Å². The fourth-order valence-corrected chi connectivity index (χ4v) is 4.50. The van der Waals surface area contributed by atoms with Crippen LogP contribution >= 0.6 is 0 Å². The van der Waals surface area contributed by atoms with Gasteiger partial charge in [-0.05, 0) is 69.4 Å². The second-order valence-corrected chi connectivity index (χ2v) is 13.0. The first kappa shape index (κ1) is 24.6. The summed E-state index contributed by atoms with van der Waals surface area (Å²) >= 11 is 0. The maximum Gasteiger partial charge on any atom is 0.222 e. The first-order chi connectivity index (χ1) is 16.7. The predicted molar refractivity (Wildman–Crippen MR) is 136 cm³/mol. The van der Waals surface area contributed by atoms with Crippen molar-refractivity contribution >= 4 is 19.9 Å². The average Bonchev–Trinajstić information content (AvgIpc) is 3.15. The Hall–Kier alpha value is -3.50. The number of amides is 1. The van der Waals surface area contributed by atoms with Gasteiger partial charge in [0.25, 0.3) is 0 Å². The van der Waals surface area contributed by atoms with E-state index in [0.717, 1.165) is 22.5 Å². The fraction of sp³-hybridized carbons (Fsp3) is 0.360. The number of fused-ring (bicyclic) bond motifs is 3. The van der Waals surface area contributed by atoms with E-state index >= 15 is 0 Å². The number of hydrogen-bond donors (Lipinski definition) is 2. The minimum atomic E-state index is -2.33. The van der Waals surface area contributed by atoms with Crippen LogP contribution in [-0.2, 0) is 4.79 Å². The molecule has 9 nitrogen and oxygen atoms in total. The molecule has 0 saturated carbocycles. The number of carbonyl (C=O) groups excluding carboxylic acids is 1. The second kappa shape index (κ2) is 10.0. The fourth-order valence-electron chi connectivity index (χ4n) is 3.98. The summed E-state index contributed by atoms with van der Waals surface area (Å²) in [6, 6.07) is 12.9. The molecule has 184 valence electrons. The molecule has 0 spiro atoms. The number of aromatic nitrogens is 3. The zero-order chi connectivity index (χ0) is 25.2. The lowest BCUT2D eigenvalue weighted by Crippen LogP contribution is -2.34. The van der Waals surface area contributed by atoms with E-state index in [9.17, 15) is 9.59 Å². The SMILES string of the molecule is CCNC(=O)CC1N=C(c2ccc(OC[Si](C)(C)O)cc2)c2cc(OC)ccc2-n2c(C)nnc21. The molecule has 0 radical (unpaired) electrons. The Morgan fingerprint density at radius 1 is 1.14 bits per heavy atom. The van der Waals surface area contributed by atoms with Crippen molar-refractivity contribution < 1.29 is 19.1 Å². The van der Waals surface area contributed by atoms with Crippen molar-refractivity contribution in [3.05, 3.63) is 65.2 Å². The van der Waals surface area contributed by atoms with Crippen LogP contribution in [0.25, 0.3) is 5.69 Å². The highest BCUT2D eigenvalue weighted by Crippen LogP contribution is 2.34. The maximum atomic E-state index is 12.6. The van der Waals surface area contributed by atoms with Gasteiger partial charge in [-0.3, -0.25) is 14.4 Å². The van der Waals surface area contributed by atoms with E-state index < -0.39 is 14.4 Å². The quantitative estimate of drug-likeness (QED) is 0.467. The second-order valence-electron chi connectivity index (χ2n) is 9.10. The van der Waals surface area contributed by atoms with Gasteiger partial charge in [0.15, 0.2) is 5.82 Å². The highest BCUT2D eigenvalue weighted by molar-refractivity contribution is 6.69. The number of hydrogen-bond acceptors (Lipinski definition) is 7. The molecule has 10 heteroatoms. The lowest BCUT2D eigenvalue weighted by atomic mass is 9.99. The molecule has 1 atom stereocenters. The summed E-state index contributed by atoms with van der Waals surface area (Å²) in [6.07, 6.45) is 0.466. The average molecular weight is 494 g/mol. The molecule has 2 N–H and O–H groups in total. The Kier molecular flexibility index (Phi) is 7.04. The van der Waals surface area contributed by atoms with Crippen molar-refractivity contribution in [2.24, 2.45) is 4.99 Å². The van der Waals surface area contributed by atoms with Gasteiger partial charge in [0.05, 0.1) is 24.9 Å². The van der Waals surface area contributed by atoms with E-state index in [1.807, 2.05) is 74.0 Å². The third kappa shape index (κ3) is 5.44. The molecule has 1 aromatic heterocycles. The highest BCUT2D eigenvalue weighted by Gasteiger charge is 2.30. The van der Waals surface area contributed by atoms with Gasteiger partial charge in [0.2, 0.25) is 14.2 Å². The molecule has 2 heterocycles. The van der Waals surface area contributed by atoms with Crippen molar-refractivity contribution in [1.29, 1.82) is 0 Å². The molecule has 1 aliphatic rings. The number of aliphatic imine (C=N–C) groups is 1. The monoisotopic (exact) mass is 493 g/mol. The molecule has 1 unspecified atom stereocenters. The van der Waals surface area contributed by atoms with Gasteiger partial charge in [0.1, 0.15) is 29.6 Å². The summed E-state index contributed by atoms with van der Waals surface area (Å²) in [5.74, 6) is 2.60. The van der Waals surface area contributed by atoms with E-state index in [0.29, 0.717) is 35.9 Å². The van der Waals surface area contributed by atoms with Crippen LogP contribution in [0.1, 0.15) is 42.2 Å². The number of aryl methyl sites for hydroxylation is 1. The summed E-state index contributed by atoms with van der Waals surface area (Å²) in [4.78, 5) is 27.7. The van der Waals surface area contributed by atoms with Gasteiger partial charge >= 0.3 is 0 Å². The Morgan fingerprint density at radius 2 is 1.86 bits per heavy atom. The van der Waals surface area contributed by atoms with Crippen molar-refractivity contribution in [3.8, 4) is 17.2 Å². The van der Waals surface area contributed by atoms with Crippen molar-refractivity contribution in [1.82, 2.24) is 20.1 Å². The van der Waals surface area contributed by atoms with E-state index in [-0.39, 0.29) is 12.3 Å². The number of benzene rings is 2. The molecule has 2 aromatic carbocycles. The number of ether oxygens (including phenoxy) is 2. The summed E-state index contributed by atoms with van der Waals surface area (Å²) in [7, 11) is -0.704. The van der Waals surface area contributed by atoms with Crippen LogP contribution in [0.2, 0.25) is 13.1 Å². The minimum Gasteiger partial charge on any atom is -0.497 e. The van der Waals surface area contributed by atoms with Crippen molar-refractivity contribution in [3.63, 3.8) is 0 Å². The van der Waals surface area contributed by atoms with Gasteiger partial charge in [-0.2, -0.15) is 0 Å². The molecule has 0 fully saturated rings. The van der Waals surface area contributed by atoms with Crippen LogP contribution < -0.4 is 14.8 Å². The van der Waals surface area contributed by atoms with Gasteiger partial charge in [-0.1, -0.05) is 0 Å². The van der Waals surface area contributed by atoms with E-state index in [2.05, 4.69) is 15.5 Å². The largest absolute Gasteiger partial charge is 0.497 e. The van der Waals surface area contributed by atoms with Crippen LogP contribution in [0.3, 0.4) is 0 Å². The Morgan fingerprint density at radius 3 is 2.51 bits per heavy atom. The third-order valence-corrected chi connectivity index (χ3v) is 6.46. The number of nitrogens with zero attached hydrogens (tertiary/aromatic N) is 4. The molecule has 0 bridgehead atoms. The summed E-state index contributed by atoms with van der Waals surface area (Å²) in [5, 5.41) is 11.5. The van der Waals surface area contributed by atoms with Crippen LogP contribution in [0.5, 0.6) is 11.5 Å². The highest BCUT2D eigenvalue weighted by atomic mass is 28.4. The molecule has 35 heavy (non-hydrogen) atoms. The summed E-state index contributed by atoms with van der Waals surface area (Å²) in [5.41, 5.74) is 3.31.